The van der Waals surface area contributed by atoms with Crippen molar-refractivity contribution in [2.45, 2.75) is 45.1 Å². The molecule has 0 spiro atoms. The first-order valence-electron chi connectivity index (χ1n) is 13.6. The summed E-state index contributed by atoms with van der Waals surface area (Å²) in [7, 11) is 0. The molecule has 3 N–H and O–H groups in total. The molecule has 1 fully saturated rings. The van der Waals surface area contributed by atoms with Crippen molar-refractivity contribution < 1.29 is 35.9 Å². The van der Waals surface area contributed by atoms with Crippen LogP contribution in [-0.2, 0) is 28.7 Å². The molecule has 3 aromatic rings. The van der Waals surface area contributed by atoms with Gasteiger partial charge in [0.05, 0.1) is 30.1 Å². The zero-order chi connectivity index (χ0) is 31.2. The molecule has 1 aliphatic heterocycles. The summed E-state index contributed by atoms with van der Waals surface area (Å²) in [5.41, 5.74) is 4.69. The quantitative estimate of drug-likeness (QED) is 0.159. The number of esters is 1. The number of carbonyl (C=O) groups is 1. The van der Waals surface area contributed by atoms with Crippen molar-refractivity contribution >= 4 is 28.4 Å². The number of halogens is 6. The number of hydrogen-bond acceptors (Lipinski definition) is 7. The van der Waals surface area contributed by atoms with Gasteiger partial charge in [-0.25, -0.2) is 9.97 Å². The molecule has 1 aromatic heterocycles. The normalized spacial score (nSPS) is 15.7. The van der Waals surface area contributed by atoms with Crippen LogP contribution in [-0.4, -0.2) is 46.7 Å². The van der Waals surface area contributed by atoms with E-state index in [-0.39, 0.29) is 11.9 Å². The van der Waals surface area contributed by atoms with E-state index in [1.165, 1.54) is 24.3 Å². The second kappa shape index (κ2) is 13.4. The van der Waals surface area contributed by atoms with Crippen molar-refractivity contribution in [2.75, 3.05) is 25.0 Å². The third-order valence-electron chi connectivity index (χ3n) is 7.02. The van der Waals surface area contributed by atoms with E-state index in [0.29, 0.717) is 72.9 Å². The van der Waals surface area contributed by atoms with Crippen molar-refractivity contribution in [1.82, 2.24) is 14.9 Å². The topological polar surface area (TPSA) is 93.4 Å². The molecule has 1 saturated heterocycles. The fourth-order valence-electron chi connectivity index (χ4n) is 4.81. The lowest BCUT2D eigenvalue weighted by Crippen LogP contribution is -2.37. The van der Waals surface area contributed by atoms with E-state index in [4.69, 9.17) is 10.5 Å². The number of benzene rings is 2. The van der Waals surface area contributed by atoms with Crippen LogP contribution in [0.4, 0.5) is 37.8 Å². The number of hydrogen-bond donors (Lipinski definition) is 2. The number of nitrogens with zero attached hydrogens (tertiary/aromatic N) is 3. The molecule has 7 nitrogen and oxygen atoms in total. The van der Waals surface area contributed by atoms with E-state index in [2.05, 4.69) is 20.2 Å². The van der Waals surface area contributed by atoms with Gasteiger partial charge in [0.25, 0.3) is 0 Å². The van der Waals surface area contributed by atoms with Crippen molar-refractivity contribution in [3.05, 3.63) is 83.3 Å². The number of nitrogens with one attached hydrogen (secondary N) is 1. The third-order valence-corrected chi connectivity index (χ3v) is 7.02. The molecule has 43 heavy (non-hydrogen) atoms. The van der Waals surface area contributed by atoms with E-state index < -0.39 is 29.9 Å². The van der Waals surface area contributed by atoms with Crippen LogP contribution in [0.3, 0.4) is 0 Å². The molecular weight excluding hydrogens is 576 g/mol. The highest BCUT2D eigenvalue weighted by atomic mass is 19.4. The van der Waals surface area contributed by atoms with Crippen LogP contribution in [0, 0.1) is 5.92 Å². The van der Waals surface area contributed by atoms with E-state index in [0.717, 1.165) is 30.5 Å². The maximum Gasteiger partial charge on any atom is 0.416 e. The molecule has 2 aromatic carbocycles. The molecule has 0 atom stereocenters. The van der Waals surface area contributed by atoms with Crippen LogP contribution in [0.5, 0.6) is 0 Å². The second-order valence-corrected chi connectivity index (χ2v) is 10.1. The van der Waals surface area contributed by atoms with E-state index in [9.17, 15) is 31.1 Å². The molecule has 230 valence electrons. The predicted molar refractivity (Wildman–Crippen MR) is 150 cm³/mol. The first-order valence-corrected chi connectivity index (χ1v) is 13.6. The van der Waals surface area contributed by atoms with Crippen LogP contribution in [0.1, 0.15) is 36.7 Å². The Hall–Kier alpha value is -4.13. The van der Waals surface area contributed by atoms with Gasteiger partial charge in [-0.15, -0.1) is 0 Å². The maximum atomic E-state index is 13.6. The van der Waals surface area contributed by atoms with Crippen molar-refractivity contribution in [3.8, 4) is 0 Å². The van der Waals surface area contributed by atoms with Crippen LogP contribution >= 0.6 is 0 Å². The summed E-state index contributed by atoms with van der Waals surface area (Å²) < 4.78 is 85.1. The zero-order valence-electron chi connectivity index (χ0n) is 23.3. The molecule has 13 heteroatoms. The number of alkyl halides is 6. The highest BCUT2D eigenvalue weighted by molar-refractivity contribution is 5.91. The van der Waals surface area contributed by atoms with Gasteiger partial charge >= 0.3 is 18.3 Å². The largest absolute Gasteiger partial charge is 0.466 e. The summed E-state index contributed by atoms with van der Waals surface area (Å²) in [5, 5.41) is 3.52. The van der Waals surface area contributed by atoms with Gasteiger partial charge in [0.1, 0.15) is 11.6 Å². The number of aromatic nitrogens is 2. The number of carbonyl (C=O) groups excluding carboxylic acids is 1. The Morgan fingerprint density at radius 3 is 2.37 bits per heavy atom. The van der Waals surface area contributed by atoms with Crippen LogP contribution < -0.4 is 11.1 Å². The molecule has 0 unspecified atom stereocenters. The smallest absolute Gasteiger partial charge is 0.416 e. The highest BCUT2D eigenvalue weighted by Gasteiger charge is 2.33. The number of anilines is 2. The zero-order valence-corrected chi connectivity index (χ0v) is 23.3. The summed E-state index contributed by atoms with van der Waals surface area (Å²) in [5.74, 6) is 0.240. The molecule has 0 amide bonds. The van der Waals surface area contributed by atoms with Gasteiger partial charge < -0.3 is 15.8 Å². The Bertz CT molecular complexity index is 1480. The van der Waals surface area contributed by atoms with E-state index >= 15 is 0 Å². The minimum absolute atomic E-state index is 0.196. The molecular formula is C30H31F6N5O2. The summed E-state index contributed by atoms with van der Waals surface area (Å²) >= 11 is 0. The molecule has 2 heterocycles. The molecule has 4 rings (SSSR count). The Balaban J connectivity index is 1.65. The predicted octanol–water partition coefficient (Wildman–Crippen LogP) is 6.67. The SMILES string of the molecule is CCOC(=O)C1CCN(Cc2nc(Nc3ccc(C(F)(F)F)cc3)c3ccc(C/C(=C\C=C/N)C(F)(F)F)cc3n2)CC1. The van der Waals surface area contributed by atoms with E-state index in [1.54, 1.807) is 13.0 Å². The monoisotopic (exact) mass is 607 g/mol. The number of ether oxygens (including phenoxy) is 1. The highest BCUT2D eigenvalue weighted by Crippen LogP contribution is 2.33. The Kier molecular flexibility index (Phi) is 9.95. The fourth-order valence-corrected chi connectivity index (χ4v) is 4.81. The number of piperidine rings is 1. The second-order valence-electron chi connectivity index (χ2n) is 10.1. The number of rotatable bonds is 9. The minimum atomic E-state index is -4.57. The lowest BCUT2D eigenvalue weighted by Gasteiger charge is -2.30. The van der Waals surface area contributed by atoms with Gasteiger partial charge in [-0.1, -0.05) is 12.1 Å². The van der Waals surface area contributed by atoms with Gasteiger partial charge in [-0.2, -0.15) is 26.3 Å². The van der Waals surface area contributed by atoms with Crippen molar-refractivity contribution in [2.24, 2.45) is 11.7 Å². The fraction of sp³-hybridized carbons (Fsp3) is 0.367. The summed E-state index contributed by atoms with van der Waals surface area (Å²) in [4.78, 5) is 23.4. The van der Waals surface area contributed by atoms with Gasteiger partial charge in [0, 0.05) is 23.1 Å². The molecule has 0 bridgehead atoms. The Morgan fingerprint density at radius 1 is 1.07 bits per heavy atom. The van der Waals surface area contributed by atoms with Crippen molar-refractivity contribution in [1.29, 1.82) is 0 Å². The number of likely N-dealkylation sites (tertiary alicyclic amines) is 1. The lowest BCUT2D eigenvalue weighted by atomic mass is 9.97. The average molecular weight is 608 g/mol. The van der Waals surface area contributed by atoms with Gasteiger partial charge in [0.2, 0.25) is 0 Å². The Morgan fingerprint density at radius 2 is 1.77 bits per heavy atom. The lowest BCUT2D eigenvalue weighted by molar-refractivity contribution is -0.149. The first kappa shape index (κ1) is 31.8. The standard InChI is InChI=1S/C30H31F6N5O2/c1-2-43-28(42)20-11-14-41(15-12-20)18-26-39-25-17-19(16-22(4-3-13-37)30(34,35)36)5-10-24(25)27(40-26)38-23-8-6-21(7-9-23)29(31,32)33/h3-10,13,17,20H,2,11-12,14-16,18,37H2,1H3,(H,38,39,40)/b13-3-,22-4+. The van der Waals surface area contributed by atoms with Gasteiger partial charge in [0.15, 0.2) is 0 Å². The molecule has 0 radical (unpaired) electrons. The third kappa shape index (κ3) is 8.46. The maximum absolute atomic E-state index is 13.6. The van der Waals surface area contributed by atoms with Gasteiger partial charge in [-0.05, 0) is 87.1 Å². The summed E-state index contributed by atoms with van der Waals surface area (Å²) in [6.45, 7) is 3.53. The van der Waals surface area contributed by atoms with Crippen LogP contribution in [0.2, 0.25) is 0 Å². The Labute approximate surface area is 244 Å². The summed E-state index contributed by atoms with van der Waals surface area (Å²) in [6.07, 6.45) is -5.26. The van der Waals surface area contributed by atoms with Crippen molar-refractivity contribution in [3.63, 3.8) is 0 Å². The molecule has 1 aliphatic rings. The molecule has 0 saturated carbocycles. The number of allylic oxidation sites excluding steroid dienone is 3. The minimum Gasteiger partial charge on any atom is -0.466 e. The van der Waals surface area contributed by atoms with E-state index in [1.807, 2.05) is 0 Å². The number of nitrogens with two attached hydrogens (primary N) is 1. The summed E-state index contributed by atoms with van der Waals surface area (Å²) in [6, 6.07) is 9.08. The van der Waals surface area contributed by atoms with Gasteiger partial charge in [-0.3, -0.25) is 9.69 Å². The number of fused-ring (bicyclic) bond motifs is 1. The average Bonchev–Trinajstić information content (AvgIpc) is 2.95. The molecule has 0 aliphatic carbocycles. The van der Waals surface area contributed by atoms with Crippen LogP contribution in [0.25, 0.3) is 10.9 Å². The van der Waals surface area contributed by atoms with Crippen LogP contribution in [0.15, 0.2) is 66.4 Å². The first-order chi connectivity index (χ1) is 20.4.